The van der Waals surface area contributed by atoms with E-state index in [2.05, 4.69) is 0 Å². The van der Waals surface area contributed by atoms with Crippen molar-refractivity contribution in [1.82, 2.24) is 0 Å². The number of ether oxygens (including phenoxy) is 1. The Bertz CT molecular complexity index is 332. The topological polar surface area (TPSA) is 29.5 Å². The Kier molecular flexibility index (Phi) is 4.15. The molecule has 0 aliphatic carbocycles. The van der Waals surface area contributed by atoms with Crippen molar-refractivity contribution in [2.24, 2.45) is 0 Å². The van der Waals surface area contributed by atoms with Crippen molar-refractivity contribution in [3.05, 3.63) is 28.8 Å². The summed E-state index contributed by atoms with van der Waals surface area (Å²) in [5.41, 5.74) is 3.20. The van der Waals surface area contributed by atoms with Gasteiger partial charge in [-0.3, -0.25) is 0 Å². The van der Waals surface area contributed by atoms with Gasteiger partial charge in [0.05, 0.1) is 12.7 Å². The molecule has 0 aliphatic rings. The fraction of sp³-hybridized carbons (Fsp3) is 0.538. The lowest BCUT2D eigenvalue weighted by Crippen LogP contribution is -2.01. The van der Waals surface area contributed by atoms with E-state index in [9.17, 15) is 5.11 Å². The van der Waals surface area contributed by atoms with Gasteiger partial charge in [0.15, 0.2) is 0 Å². The van der Waals surface area contributed by atoms with Gasteiger partial charge in [0.1, 0.15) is 5.75 Å². The van der Waals surface area contributed by atoms with E-state index in [4.69, 9.17) is 4.74 Å². The van der Waals surface area contributed by atoms with Crippen LogP contribution in [0.15, 0.2) is 12.1 Å². The molecule has 1 unspecified atom stereocenters. The number of aryl methyl sites for hydroxylation is 2. The molecule has 0 radical (unpaired) electrons. The van der Waals surface area contributed by atoms with Crippen LogP contribution < -0.4 is 4.74 Å². The first-order valence-corrected chi connectivity index (χ1v) is 5.52. The van der Waals surface area contributed by atoms with E-state index in [0.717, 1.165) is 28.9 Å². The smallest absolute Gasteiger partial charge is 0.122 e. The molecule has 84 valence electrons. The minimum absolute atomic E-state index is 0.362. The molecule has 2 heteroatoms. The second kappa shape index (κ2) is 5.17. The van der Waals surface area contributed by atoms with Crippen LogP contribution in [0.1, 0.15) is 43.1 Å². The number of aliphatic hydroxyl groups is 1. The maximum absolute atomic E-state index is 9.81. The quantitative estimate of drug-likeness (QED) is 0.823. The van der Waals surface area contributed by atoms with Gasteiger partial charge >= 0.3 is 0 Å². The van der Waals surface area contributed by atoms with Crippen LogP contribution in [0.25, 0.3) is 0 Å². The Hall–Kier alpha value is -1.02. The zero-order chi connectivity index (χ0) is 11.4. The third kappa shape index (κ3) is 2.72. The summed E-state index contributed by atoms with van der Waals surface area (Å²) in [5, 5.41) is 9.81. The largest absolute Gasteiger partial charge is 0.494 e. The van der Waals surface area contributed by atoms with Gasteiger partial charge < -0.3 is 9.84 Å². The molecule has 2 nitrogen and oxygen atoms in total. The van der Waals surface area contributed by atoms with Crippen molar-refractivity contribution in [1.29, 1.82) is 0 Å². The number of aliphatic hydroxyl groups excluding tert-OH is 1. The summed E-state index contributed by atoms with van der Waals surface area (Å²) in [4.78, 5) is 0. The van der Waals surface area contributed by atoms with Crippen molar-refractivity contribution in [3.8, 4) is 5.75 Å². The third-order valence-electron chi connectivity index (χ3n) is 2.61. The predicted octanol–water partition coefficient (Wildman–Crippen LogP) is 3.15. The minimum atomic E-state index is -0.362. The average molecular weight is 208 g/mol. The molecule has 0 aromatic heterocycles. The molecule has 0 aliphatic heterocycles. The highest BCUT2D eigenvalue weighted by Gasteiger charge is 2.11. The van der Waals surface area contributed by atoms with E-state index in [1.54, 1.807) is 0 Å². The van der Waals surface area contributed by atoms with Gasteiger partial charge in [-0.1, -0.05) is 6.92 Å². The van der Waals surface area contributed by atoms with Gasteiger partial charge in [0.2, 0.25) is 0 Å². The van der Waals surface area contributed by atoms with Gasteiger partial charge in [0, 0.05) is 0 Å². The first-order valence-electron chi connectivity index (χ1n) is 5.52. The summed E-state index contributed by atoms with van der Waals surface area (Å²) in [6.45, 7) is 8.65. The standard InChI is InChI=1S/C13H20O2/c1-5-12(14)11-7-10(4)13(15-6-2)8-9(11)3/h7-8,12,14H,5-6H2,1-4H3. The summed E-state index contributed by atoms with van der Waals surface area (Å²) >= 11 is 0. The van der Waals surface area contributed by atoms with E-state index in [-0.39, 0.29) is 6.10 Å². The summed E-state index contributed by atoms with van der Waals surface area (Å²) in [6.07, 6.45) is 0.383. The average Bonchev–Trinajstić information content (AvgIpc) is 2.22. The molecule has 1 aromatic carbocycles. The van der Waals surface area contributed by atoms with Gasteiger partial charge in [-0.2, -0.15) is 0 Å². The molecule has 0 heterocycles. The van der Waals surface area contributed by atoms with Gasteiger partial charge in [0.25, 0.3) is 0 Å². The van der Waals surface area contributed by atoms with Crippen LogP contribution >= 0.6 is 0 Å². The summed E-state index contributed by atoms with van der Waals surface area (Å²) in [6, 6.07) is 4.03. The van der Waals surface area contributed by atoms with Gasteiger partial charge in [-0.05, 0) is 56.0 Å². The fourth-order valence-electron chi connectivity index (χ4n) is 1.70. The Morgan fingerprint density at radius 3 is 2.40 bits per heavy atom. The van der Waals surface area contributed by atoms with Crippen LogP contribution in [-0.4, -0.2) is 11.7 Å². The maximum Gasteiger partial charge on any atom is 0.122 e. The van der Waals surface area contributed by atoms with Crippen LogP contribution in [0.2, 0.25) is 0 Å². The van der Waals surface area contributed by atoms with Gasteiger partial charge in [-0.15, -0.1) is 0 Å². The monoisotopic (exact) mass is 208 g/mol. The Balaban J connectivity index is 3.07. The second-order valence-corrected chi connectivity index (χ2v) is 3.83. The highest BCUT2D eigenvalue weighted by Crippen LogP contribution is 2.27. The first-order chi connectivity index (χ1) is 7.10. The third-order valence-corrected chi connectivity index (χ3v) is 2.61. The SMILES string of the molecule is CCOc1cc(C)c(C(O)CC)cc1C. The molecule has 0 bridgehead atoms. The van der Waals surface area contributed by atoms with Crippen LogP contribution in [0.5, 0.6) is 5.75 Å². The van der Waals surface area contributed by atoms with E-state index in [1.165, 1.54) is 0 Å². The summed E-state index contributed by atoms with van der Waals surface area (Å²) < 4.78 is 5.50. The van der Waals surface area contributed by atoms with E-state index < -0.39 is 0 Å². The zero-order valence-electron chi connectivity index (χ0n) is 10.0. The maximum atomic E-state index is 9.81. The molecule has 1 rings (SSSR count). The summed E-state index contributed by atoms with van der Waals surface area (Å²) in [7, 11) is 0. The number of hydrogen-bond acceptors (Lipinski definition) is 2. The van der Waals surface area contributed by atoms with Crippen LogP contribution in [0, 0.1) is 13.8 Å². The summed E-state index contributed by atoms with van der Waals surface area (Å²) in [5.74, 6) is 0.919. The van der Waals surface area contributed by atoms with Gasteiger partial charge in [-0.25, -0.2) is 0 Å². The van der Waals surface area contributed by atoms with Crippen molar-refractivity contribution in [3.63, 3.8) is 0 Å². The van der Waals surface area contributed by atoms with Crippen molar-refractivity contribution in [2.45, 2.75) is 40.2 Å². The fourth-order valence-corrected chi connectivity index (χ4v) is 1.70. The molecule has 1 aromatic rings. The zero-order valence-corrected chi connectivity index (χ0v) is 10.0. The minimum Gasteiger partial charge on any atom is -0.494 e. The number of hydrogen-bond donors (Lipinski definition) is 1. The van der Waals surface area contributed by atoms with Crippen LogP contribution in [-0.2, 0) is 0 Å². The lowest BCUT2D eigenvalue weighted by molar-refractivity contribution is 0.172. The molecule has 0 fully saturated rings. The lowest BCUT2D eigenvalue weighted by Gasteiger charge is -2.15. The van der Waals surface area contributed by atoms with Crippen molar-refractivity contribution in [2.75, 3.05) is 6.61 Å². The van der Waals surface area contributed by atoms with Crippen LogP contribution in [0.3, 0.4) is 0 Å². The lowest BCUT2D eigenvalue weighted by atomic mass is 9.99. The van der Waals surface area contributed by atoms with E-state index in [1.807, 2.05) is 39.8 Å². The Morgan fingerprint density at radius 2 is 1.87 bits per heavy atom. The highest BCUT2D eigenvalue weighted by atomic mass is 16.5. The second-order valence-electron chi connectivity index (χ2n) is 3.83. The molecule has 1 N–H and O–H groups in total. The van der Waals surface area contributed by atoms with E-state index >= 15 is 0 Å². The molecule has 0 spiro atoms. The first kappa shape index (κ1) is 12.1. The molecule has 0 saturated carbocycles. The molecule has 0 saturated heterocycles. The van der Waals surface area contributed by atoms with E-state index in [0.29, 0.717) is 6.61 Å². The predicted molar refractivity (Wildman–Crippen MR) is 62.3 cm³/mol. The normalized spacial score (nSPS) is 12.6. The van der Waals surface area contributed by atoms with Crippen molar-refractivity contribution < 1.29 is 9.84 Å². The molecular formula is C13H20O2. The Labute approximate surface area is 91.9 Å². The molecule has 15 heavy (non-hydrogen) atoms. The molecule has 1 atom stereocenters. The molecular weight excluding hydrogens is 188 g/mol. The van der Waals surface area contributed by atoms with Crippen LogP contribution in [0.4, 0.5) is 0 Å². The number of benzene rings is 1. The highest BCUT2D eigenvalue weighted by molar-refractivity contribution is 5.42. The van der Waals surface area contributed by atoms with Crippen molar-refractivity contribution >= 4 is 0 Å². The number of rotatable bonds is 4. The Morgan fingerprint density at radius 1 is 1.20 bits per heavy atom. The molecule has 0 amide bonds.